The first-order valence-corrected chi connectivity index (χ1v) is 6.12. The first-order valence-electron chi connectivity index (χ1n) is 6.12. The van der Waals surface area contributed by atoms with E-state index in [0.717, 1.165) is 19.3 Å². The van der Waals surface area contributed by atoms with Crippen molar-refractivity contribution >= 4 is 5.91 Å². The summed E-state index contributed by atoms with van der Waals surface area (Å²) in [4.78, 5) is 12.1. The molecule has 2 nitrogen and oxygen atoms in total. The van der Waals surface area contributed by atoms with Gasteiger partial charge in [-0.1, -0.05) is 24.3 Å². The van der Waals surface area contributed by atoms with Crippen molar-refractivity contribution in [2.24, 2.45) is 0 Å². The third-order valence-corrected chi connectivity index (χ3v) is 3.25. The van der Waals surface area contributed by atoms with Crippen molar-refractivity contribution in [1.29, 1.82) is 0 Å². The quantitative estimate of drug-likeness (QED) is 0.622. The maximum atomic E-state index is 12.1. The number of fused-ring (bicyclic) bond motifs is 1. The van der Waals surface area contributed by atoms with E-state index >= 15 is 0 Å². The number of hydrogen-bond donors (Lipinski definition) is 1. The molecular weight excluding hydrogens is 210 g/mol. The van der Waals surface area contributed by atoms with Gasteiger partial charge in [0.25, 0.3) is 0 Å². The lowest BCUT2D eigenvalue weighted by Gasteiger charge is -2.24. The summed E-state index contributed by atoms with van der Waals surface area (Å²) in [6.45, 7) is 0.577. The number of aryl methyl sites for hydroxylation is 1. The molecule has 1 amide bonds. The molecule has 17 heavy (non-hydrogen) atoms. The van der Waals surface area contributed by atoms with Crippen LogP contribution in [0.5, 0.6) is 0 Å². The Labute approximate surface area is 102 Å². The Bertz CT molecular complexity index is 444. The Kier molecular flexibility index (Phi) is 3.82. The molecule has 0 fully saturated rings. The Morgan fingerprint density at radius 1 is 1.47 bits per heavy atom. The van der Waals surface area contributed by atoms with Gasteiger partial charge in [0, 0.05) is 13.0 Å². The Balaban J connectivity index is 2.08. The van der Waals surface area contributed by atoms with Crippen molar-refractivity contribution in [2.45, 2.75) is 31.6 Å². The average Bonchev–Trinajstić information content (AvgIpc) is 2.38. The zero-order valence-electron chi connectivity index (χ0n) is 9.91. The van der Waals surface area contributed by atoms with Crippen LogP contribution in [-0.4, -0.2) is 12.5 Å². The molecule has 0 aromatic heterocycles. The summed E-state index contributed by atoms with van der Waals surface area (Å²) < 4.78 is 0. The molecule has 0 spiro atoms. The molecule has 1 aromatic rings. The highest BCUT2D eigenvalue weighted by Crippen LogP contribution is 2.31. The molecule has 1 unspecified atom stereocenters. The van der Waals surface area contributed by atoms with Crippen LogP contribution in [0.25, 0.3) is 0 Å². The highest BCUT2D eigenvalue weighted by Gasteiger charge is 2.25. The van der Waals surface area contributed by atoms with E-state index < -0.39 is 0 Å². The van der Waals surface area contributed by atoms with Crippen molar-refractivity contribution in [3.8, 4) is 12.3 Å². The van der Waals surface area contributed by atoms with Crippen molar-refractivity contribution < 1.29 is 4.79 Å². The van der Waals surface area contributed by atoms with E-state index in [4.69, 9.17) is 6.42 Å². The van der Waals surface area contributed by atoms with Gasteiger partial charge in [-0.25, -0.2) is 0 Å². The normalized spacial score (nSPS) is 17.9. The van der Waals surface area contributed by atoms with Crippen LogP contribution in [0, 0.1) is 12.3 Å². The molecule has 0 bridgehead atoms. The van der Waals surface area contributed by atoms with Crippen molar-refractivity contribution in [1.82, 2.24) is 5.32 Å². The maximum absolute atomic E-state index is 12.1. The van der Waals surface area contributed by atoms with E-state index in [1.54, 1.807) is 0 Å². The minimum atomic E-state index is 0.0118. The van der Waals surface area contributed by atoms with Crippen LogP contribution in [-0.2, 0) is 11.2 Å². The number of terminal acetylenes is 1. The Hall–Kier alpha value is -1.75. The molecule has 88 valence electrons. The number of carbonyl (C=O) groups is 1. The molecule has 1 aliphatic rings. The van der Waals surface area contributed by atoms with Crippen molar-refractivity contribution in [3.63, 3.8) is 0 Å². The SMILES string of the molecule is C#CCCNC(=O)C1CCCc2ccccc21. The smallest absolute Gasteiger partial charge is 0.227 e. The molecule has 1 atom stereocenters. The van der Waals surface area contributed by atoms with Gasteiger partial charge in [-0.15, -0.1) is 12.3 Å². The van der Waals surface area contributed by atoms with Gasteiger partial charge in [0.15, 0.2) is 0 Å². The van der Waals surface area contributed by atoms with Gasteiger partial charge in [0.2, 0.25) is 5.91 Å². The van der Waals surface area contributed by atoms with Crippen LogP contribution in [0.15, 0.2) is 24.3 Å². The lowest BCUT2D eigenvalue weighted by Crippen LogP contribution is -2.31. The minimum Gasteiger partial charge on any atom is -0.355 e. The monoisotopic (exact) mass is 227 g/mol. The summed E-state index contributed by atoms with van der Waals surface area (Å²) in [5, 5.41) is 2.91. The Morgan fingerprint density at radius 3 is 3.12 bits per heavy atom. The summed E-state index contributed by atoms with van der Waals surface area (Å²) >= 11 is 0. The fourth-order valence-electron chi connectivity index (χ4n) is 2.41. The van der Waals surface area contributed by atoms with E-state index in [1.807, 2.05) is 12.1 Å². The maximum Gasteiger partial charge on any atom is 0.227 e. The predicted molar refractivity (Wildman–Crippen MR) is 68.6 cm³/mol. The molecule has 0 saturated heterocycles. The lowest BCUT2D eigenvalue weighted by molar-refractivity contribution is -0.122. The second kappa shape index (κ2) is 5.54. The highest BCUT2D eigenvalue weighted by molar-refractivity contribution is 5.84. The molecule has 0 saturated carbocycles. The predicted octanol–water partition coefficient (Wildman–Crippen LogP) is 2.25. The second-order valence-corrected chi connectivity index (χ2v) is 4.39. The van der Waals surface area contributed by atoms with Crippen molar-refractivity contribution in [3.05, 3.63) is 35.4 Å². The van der Waals surface area contributed by atoms with Crippen LogP contribution >= 0.6 is 0 Å². The zero-order valence-corrected chi connectivity index (χ0v) is 9.91. The average molecular weight is 227 g/mol. The lowest BCUT2D eigenvalue weighted by atomic mass is 9.82. The van der Waals surface area contributed by atoms with Gasteiger partial charge in [-0.2, -0.15) is 0 Å². The van der Waals surface area contributed by atoms with Crippen LogP contribution in [0.3, 0.4) is 0 Å². The van der Waals surface area contributed by atoms with Gasteiger partial charge in [0.1, 0.15) is 0 Å². The molecular formula is C15H17NO. The number of nitrogens with one attached hydrogen (secondary N) is 1. The first-order chi connectivity index (χ1) is 8.33. The second-order valence-electron chi connectivity index (χ2n) is 4.39. The third-order valence-electron chi connectivity index (χ3n) is 3.25. The van der Waals surface area contributed by atoms with Crippen LogP contribution in [0.4, 0.5) is 0 Å². The van der Waals surface area contributed by atoms with E-state index in [9.17, 15) is 4.79 Å². The zero-order chi connectivity index (χ0) is 12.1. The van der Waals surface area contributed by atoms with E-state index in [2.05, 4.69) is 23.4 Å². The van der Waals surface area contributed by atoms with E-state index in [1.165, 1.54) is 11.1 Å². The molecule has 2 heteroatoms. The molecule has 2 rings (SSSR count). The summed E-state index contributed by atoms with van der Waals surface area (Å²) in [6, 6.07) is 8.24. The van der Waals surface area contributed by atoms with E-state index in [-0.39, 0.29) is 11.8 Å². The molecule has 1 aromatic carbocycles. The minimum absolute atomic E-state index is 0.0118. The highest BCUT2D eigenvalue weighted by atomic mass is 16.1. The number of hydrogen-bond acceptors (Lipinski definition) is 1. The van der Waals surface area contributed by atoms with Crippen LogP contribution in [0.2, 0.25) is 0 Å². The van der Waals surface area contributed by atoms with Crippen LogP contribution < -0.4 is 5.32 Å². The number of carbonyl (C=O) groups excluding carboxylic acids is 1. The van der Waals surface area contributed by atoms with Crippen LogP contribution in [0.1, 0.15) is 36.3 Å². The fourth-order valence-corrected chi connectivity index (χ4v) is 2.41. The van der Waals surface area contributed by atoms with Gasteiger partial charge in [-0.3, -0.25) is 4.79 Å². The van der Waals surface area contributed by atoms with Gasteiger partial charge in [-0.05, 0) is 30.4 Å². The molecule has 0 heterocycles. The number of amides is 1. The fraction of sp³-hybridized carbons (Fsp3) is 0.400. The van der Waals surface area contributed by atoms with Gasteiger partial charge in [0.05, 0.1) is 5.92 Å². The summed E-state index contributed by atoms with van der Waals surface area (Å²) in [6.07, 6.45) is 8.88. The van der Waals surface area contributed by atoms with Gasteiger partial charge < -0.3 is 5.32 Å². The summed E-state index contributed by atoms with van der Waals surface area (Å²) in [5.74, 6) is 2.66. The summed E-state index contributed by atoms with van der Waals surface area (Å²) in [7, 11) is 0. The molecule has 1 aliphatic carbocycles. The molecule has 1 N–H and O–H groups in total. The van der Waals surface area contributed by atoms with Gasteiger partial charge >= 0.3 is 0 Å². The number of rotatable bonds is 3. The number of benzene rings is 1. The topological polar surface area (TPSA) is 29.1 Å². The first kappa shape index (κ1) is 11.7. The molecule has 0 radical (unpaired) electrons. The largest absolute Gasteiger partial charge is 0.355 e. The molecule has 0 aliphatic heterocycles. The van der Waals surface area contributed by atoms with Crippen molar-refractivity contribution in [2.75, 3.05) is 6.54 Å². The standard InChI is InChI=1S/C15H17NO/c1-2-3-11-16-15(17)14-10-6-8-12-7-4-5-9-13(12)14/h1,4-5,7,9,14H,3,6,8,10-11H2,(H,16,17). The van der Waals surface area contributed by atoms with E-state index in [0.29, 0.717) is 13.0 Å². The third kappa shape index (κ3) is 2.68. The Morgan fingerprint density at radius 2 is 2.29 bits per heavy atom. The summed E-state index contributed by atoms with van der Waals surface area (Å²) in [5.41, 5.74) is 2.51.